The minimum atomic E-state index is -5.00. The van der Waals surface area contributed by atoms with E-state index in [1.54, 1.807) is 12.1 Å². The molecule has 0 bridgehead atoms. The van der Waals surface area contributed by atoms with Gasteiger partial charge in [0.15, 0.2) is 0 Å². The van der Waals surface area contributed by atoms with Crippen LogP contribution < -0.4 is 10.6 Å². The normalized spacial score (nSPS) is 11.2. The first-order chi connectivity index (χ1) is 14.4. The predicted octanol–water partition coefficient (Wildman–Crippen LogP) is 4.64. The van der Waals surface area contributed by atoms with Crippen molar-refractivity contribution in [2.24, 2.45) is 0 Å². The predicted molar refractivity (Wildman–Crippen MR) is 108 cm³/mol. The van der Waals surface area contributed by atoms with Crippen molar-refractivity contribution in [2.45, 2.75) is 18.6 Å². The summed E-state index contributed by atoms with van der Waals surface area (Å²) in [7, 11) is 0. The number of para-hydroxylation sites is 1. The number of carbonyl (C=O) groups is 2. The molecule has 3 aromatic rings. The molecule has 0 aromatic heterocycles. The first-order valence-corrected chi connectivity index (χ1v) is 9.20. The molecule has 0 heterocycles. The van der Waals surface area contributed by atoms with Crippen LogP contribution in [0.3, 0.4) is 0 Å². The lowest BCUT2D eigenvalue weighted by molar-refractivity contribution is -0.167. The summed E-state index contributed by atoms with van der Waals surface area (Å²) in [5.41, 5.74) is 1.94. The van der Waals surface area contributed by atoms with E-state index in [1.165, 1.54) is 12.1 Å². The number of anilines is 1. The zero-order valence-corrected chi connectivity index (χ0v) is 15.8. The number of hydrogen-bond donors (Lipinski definition) is 2. The van der Waals surface area contributed by atoms with E-state index in [2.05, 4.69) is 5.32 Å². The molecule has 0 saturated carbocycles. The molecule has 0 fully saturated rings. The second-order valence-electron chi connectivity index (χ2n) is 6.58. The van der Waals surface area contributed by atoms with Crippen molar-refractivity contribution >= 4 is 17.5 Å². The van der Waals surface area contributed by atoms with Gasteiger partial charge in [0.25, 0.3) is 0 Å². The summed E-state index contributed by atoms with van der Waals surface area (Å²) in [6.45, 7) is -0.0384. The number of alkyl halides is 3. The van der Waals surface area contributed by atoms with Gasteiger partial charge in [-0.1, -0.05) is 78.9 Å². The van der Waals surface area contributed by atoms with Crippen molar-refractivity contribution in [1.82, 2.24) is 5.32 Å². The smallest absolute Gasteiger partial charge is 0.351 e. The minimum absolute atomic E-state index is 0.00361. The largest absolute Gasteiger partial charge is 0.471 e. The van der Waals surface area contributed by atoms with Gasteiger partial charge in [0.05, 0.1) is 5.92 Å². The molecule has 0 radical (unpaired) electrons. The van der Waals surface area contributed by atoms with Gasteiger partial charge in [-0.15, -0.1) is 0 Å². The van der Waals surface area contributed by atoms with Crippen LogP contribution in [0.5, 0.6) is 0 Å². The second-order valence-corrected chi connectivity index (χ2v) is 6.58. The molecule has 30 heavy (non-hydrogen) atoms. The lowest BCUT2D eigenvalue weighted by atomic mass is 9.90. The highest BCUT2D eigenvalue weighted by atomic mass is 19.4. The highest BCUT2D eigenvalue weighted by molar-refractivity contribution is 5.95. The standard InChI is InChI=1S/C23H19F3N2O2/c24-23(25,26)22(30)28-19-14-8-7-13-18(19)15-27-21(29)20(16-9-3-1-4-10-16)17-11-5-2-6-12-17/h1-14,20H,15H2,(H,27,29)(H,28,30). The first-order valence-electron chi connectivity index (χ1n) is 9.20. The van der Waals surface area contributed by atoms with Crippen molar-refractivity contribution in [3.63, 3.8) is 0 Å². The Morgan fingerprint density at radius 1 is 0.767 bits per heavy atom. The van der Waals surface area contributed by atoms with E-state index < -0.39 is 18.0 Å². The van der Waals surface area contributed by atoms with E-state index in [9.17, 15) is 22.8 Å². The molecule has 154 valence electrons. The third-order valence-electron chi connectivity index (χ3n) is 4.50. The number of nitrogens with one attached hydrogen (secondary N) is 2. The maximum Gasteiger partial charge on any atom is 0.471 e. The molecule has 2 amide bonds. The molecular formula is C23H19F3N2O2. The van der Waals surface area contributed by atoms with Gasteiger partial charge in [-0.3, -0.25) is 9.59 Å². The third-order valence-corrected chi connectivity index (χ3v) is 4.50. The minimum Gasteiger partial charge on any atom is -0.351 e. The molecule has 0 aliphatic rings. The number of amides is 2. The van der Waals surface area contributed by atoms with E-state index in [0.29, 0.717) is 5.56 Å². The van der Waals surface area contributed by atoms with Crippen LogP contribution in [0.4, 0.5) is 18.9 Å². The maximum atomic E-state index is 13.0. The Hall–Kier alpha value is -3.61. The van der Waals surface area contributed by atoms with Gasteiger partial charge in [-0.2, -0.15) is 13.2 Å². The Kier molecular flexibility index (Phi) is 6.51. The summed E-state index contributed by atoms with van der Waals surface area (Å²) >= 11 is 0. The van der Waals surface area contributed by atoms with Crippen LogP contribution >= 0.6 is 0 Å². The SMILES string of the molecule is O=C(NCc1ccccc1NC(=O)C(F)(F)F)C(c1ccccc1)c1ccccc1. The fourth-order valence-corrected chi connectivity index (χ4v) is 3.06. The number of rotatable bonds is 6. The fourth-order valence-electron chi connectivity index (χ4n) is 3.06. The average Bonchev–Trinajstić information content (AvgIpc) is 2.74. The highest BCUT2D eigenvalue weighted by Crippen LogP contribution is 2.25. The third kappa shape index (κ3) is 5.26. The van der Waals surface area contributed by atoms with Crippen molar-refractivity contribution in [2.75, 3.05) is 5.32 Å². The van der Waals surface area contributed by atoms with E-state index in [4.69, 9.17) is 0 Å². The van der Waals surface area contributed by atoms with Crippen LogP contribution in [0.15, 0.2) is 84.9 Å². The highest BCUT2D eigenvalue weighted by Gasteiger charge is 2.38. The Morgan fingerprint density at radius 3 is 1.80 bits per heavy atom. The summed E-state index contributed by atoms with van der Waals surface area (Å²) in [5.74, 6) is -2.94. The van der Waals surface area contributed by atoms with Crippen LogP contribution in [-0.2, 0) is 16.1 Å². The molecule has 4 nitrogen and oxygen atoms in total. The topological polar surface area (TPSA) is 58.2 Å². The molecule has 7 heteroatoms. The Labute approximate surface area is 171 Å². The average molecular weight is 412 g/mol. The molecule has 3 aromatic carbocycles. The van der Waals surface area contributed by atoms with Gasteiger partial charge in [0.1, 0.15) is 0 Å². The quantitative estimate of drug-likeness (QED) is 0.620. The first kappa shape index (κ1) is 21.1. The van der Waals surface area contributed by atoms with Gasteiger partial charge in [0, 0.05) is 12.2 Å². The van der Waals surface area contributed by atoms with Gasteiger partial charge in [-0.05, 0) is 22.8 Å². The van der Waals surface area contributed by atoms with Crippen molar-refractivity contribution in [3.8, 4) is 0 Å². The van der Waals surface area contributed by atoms with Crippen LogP contribution in [-0.4, -0.2) is 18.0 Å². The molecule has 0 aliphatic carbocycles. The Morgan fingerprint density at radius 2 is 1.27 bits per heavy atom. The summed E-state index contributed by atoms with van der Waals surface area (Å²) < 4.78 is 37.7. The van der Waals surface area contributed by atoms with Crippen molar-refractivity contribution in [3.05, 3.63) is 102 Å². The summed E-state index contributed by atoms with van der Waals surface area (Å²) in [6.07, 6.45) is -5.00. The molecular weight excluding hydrogens is 393 g/mol. The second kappa shape index (κ2) is 9.26. The van der Waals surface area contributed by atoms with E-state index in [1.807, 2.05) is 66.0 Å². The molecule has 0 unspecified atom stereocenters. The van der Waals surface area contributed by atoms with Gasteiger partial charge < -0.3 is 10.6 Å². The van der Waals surface area contributed by atoms with Gasteiger partial charge in [-0.25, -0.2) is 0 Å². The zero-order valence-electron chi connectivity index (χ0n) is 15.8. The Balaban J connectivity index is 1.79. The van der Waals surface area contributed by atoms with Crippen LogP contribution in [0.25, 0.3) is 0 Å². The lowest BCUT2D eigenvalue weighted by Crippen LogP contribution is -2.32. The molecule has 0 atom stereocenters. The molecule has 0 saturated heterocycles. The van der Waals surface area contributed by atoms with Gasteiger partial charge in [0.2, 0.25) is 5.91 Å². The maximum absolute atomic E-state index is 13.0. The number of halogens is 3. The molecule has 3 rings (SSSR count). The number of carbonyl (C=O) groups excluding carboxylic acids is 2. The summed E-state index contributed by atoms with van der Waals surface area (Å²) in [5, 5.41) is 4.63. The van der Waals surface area contributed by atoms with Crippen molar-refractivity contribution in [1.29, 1.82) is 0 Å². The van der Waals surface area contributed by atoms with E-state index in [-0.39, 0.29) is 18.1 Å². The summed E-state index contributed by atoms with van der Waals surface area (Å²) in [4.78, 5) is 24.3. The van der Waals surface area contributed by atoms with E-state index >= 15 is 0 Å². The molecule has 2 N–H and O–H groups in total. The van der Waals surface area contributed by atoms with Gasteiger partial charge >= 0.3 is 12.1 Å². The Bertz CT molecular complexity index is 966. The van der Waals surface area contributed by atoms with Crippen LogP contribution in [0, 0.1) is 0 Å². The van der Waals surface area contributed by atoms with Crippen molar-refractivity contribution < 1.29 is 22.8 Å². The number of hydrogen-bond acceptors (Lipinski definition) is 2. The fraction of sp³-hybridized carbons (Fsp3) is 0.130. The monoisotopic (exact) mass is 412 g/mol. The zero-order chi connectivity index (χ0) is 21.6. The van der Waals surface area contributed by atoms with E-state index in [0.717, 1.165) is 11.1 Å². The van der Waals surface area contributed by atoms with Crippen LogP contribution in [0.1, 0.15) is 22.6 Å². The lowest BCUT2D eigenvalue weighted by Gasteiger charge is -2.19. The molecule has 0 spiro atoms. The number of benzene rings is 3. The molecule has 0 aliphatic heterocycles. The summed E-state index contributed by atoms with van der Waals surface area (Å²) in [6, 6.07) is 24.4. The van der Waals surface area contributed by atoms with Crippen LogP contribution in [0.2, 0.25) is 0 Å².